The molecule has 2 atom stereocenters. The molecule has 2 unspecified atom stereocenters. The molecule has 0 heterocycles. The molecule has 0 saturated carbocycles. The van der Waals surface area contributed by atoms with Crippen LogP contribution in [0, 0.1) is 11.3 Å². The minimum Gasteiger partial charge on any atom is -0.0839 e. The minimum atomic E-state index is 0.384. The SMILES string of the molecule is CCc1ccc(C(Br)CC(C)C(C)(C)C)cc1. The molecule has 0 bridgehead atoms. The molecule has 0 radical (unpaired) electrons. The fourth-order valence-electron chi connectivity index (χ4n) is 1.76. The smallest absolute Gasteiger partial charge is 0.0398 e. The maximum Gasteiger partial charge on any atom is 0.0398 e. The predicted octanol–water partition coefficient (Wildman–Crippen LogP) is 5.76. The van der Waals surface area contributed by atoms with Crippen LogP contribution in [0.1, 0.15) is 57.0 Å². The van der Waals surface area contributed by atoms with Crippen LogP contribution in [0.5, 0.6) is 0 Å². The standard InChI is InChI=1S/C16H25Br/c1-6-13-7-9-14(10-8-13)15(17)11-12(2)16(3,4)5/h7-10,12,15H,6,11H2,1-5H3. The molecule has 0 nitrogen and oxygen atoms in total. The summed E-state index contributed by atoms with van der Waals surface area (Å²) in [4.78, 5) is 0.475. The summed E-state index contributed by atoms with van der Waals surface area (Å²) in [7, 11) is 0. The summed E-state index contributed by atoms with van der Waals surface area (Å²) in [6, 6.07) is 9.00. The van der Waals surface area contributed by atoms with Crippen LogP contribution in [-0.4, -0.2) is 0 Å². The molecule has 1 aromatic carbocycles. The van der Waals surface area contributed by atoms with Gasteiger partial charge < -0.3 is 0 Å². The summed E-state index contributed by atoms with van der Waals surface area (Å²) in [5.74, 6) is 0.706. The number of halogens is 1. The van der Waals surface area contributed by atoms with Crippen molar-refractivity contribution in [2.24, 2.45) is 11.3 Å². The lowest BCUT2D eigenvalue weighted by molar-refractivity contribution is 0.246. The van der Waals surface area contributed by atoms with Gasteiger partial charge >= 0.3 is 0 Å². The summed E-state index contributed by atoms with van der Waals surface area (Å²) in [5.41, 5.74) is 3.20. The predicted molar refractivity (Wildman–Crippen MR) is 80.7 cm³/mol. The Morgan fingerprint density at radius 1 is 1.12 bits per heavy atom. The van der Waals surface area contributed by atoms with E-state index >= 15 is 0 Å². The summed E-state index contributed by atoms with van der Waals surface area (Å²) < 4.78 is 0. The van der Waals surface area contributed by atoms with Crippen LogP contribution in [0.4, 0.5) is 0 Å². The Labute approximate surface area is 115 Å². The Balaban J connectivity index is 2.66. The van der Waals surface area contributed by atoms with Crippen molar-refractivity contribution in [3.63, 3.8) is 0 Å². The first kappa shape index (κ1) is 14.8. The molecule has 0 aliphatic heterocycles. The zero-order valence-electron chi connectivity index (χ0n) is 11.8. The van der Waals surface area contributed by atoms with Crippen LogP contribution in [0.3, 0.4) is 0 Å². The maximum absolute atomic E-state index is 3.83. The summed E-state index contributed by atoms with van der Waals surface area (Å²) in [6.07, 6.45) is 2.31. The van der Waals surface area contributed by atoms with E-state index in [1.165, 1.54) is 17.5 Å². The second-order valence-electron chi connectivity index (χ2n) is 6.07. The molecule has 0 amide bonds. The van der Waals surface area contributed by atoms with Gasteiger partial charge in [-0.1, -0.05) is 74.8 Å². The van der Waals surface area contributed by atoms with E-state index in [0.717, 1.165) is 6.42 Å². The molecule has 0 N–H and O–H groups in total. The van der Waals surface area contributed by atoms with Gasteiger partial charge in [0, 0.05) is 4.83 Å². The molecule has 0 aliphatic carbocycles. The zero-order chi connectivity index (χ0) is 13.1. The minimum absolute atomic E-state index is 0.384. The highest BCUT2D eigenvalue weighted by Gasteiger charge is 2.23. The van der Waals surface area contributed by atoms with Gasteiger partial charge in [0.05, 0.1) is 0 Å². The lowest BCUT2D eigenvalue weighted by atomic mass is 9.79. The van der Waals surface area contributed by atoms with Crippen molar-refractivity contribution in [2.45, 2.75) is 52.3 Å². The van der Waals surface area contributed by atoms with E-state index in [9.17, 15) is 0 Å². The normalized spacial score (nSPS) is 15.6. The van der Waals surface area contributed by atoms with E-state index in [-0.39, 0.29) is 0 Å². The van der Waals surface area contributed by atoms with Crippen molar-refractivity contribution < 1.29 is 0 Å². The van der Waals surface area contributed by atoms with Crippen LogP contribution in [0.25, 0.3) is 0 Å². The van der Waals surface area contributed by atoms with Crippen molar-refractivity contribution >= 4 is 15.9 Å². The first-order chi connectivity index (χ1) is 7.84. The Hall–Kier alpha value is -0.300. The first-order valence-electron chi connectivity index (χ1n) is 6.57. The third-order valence-corrected chi connectivity index (χ3v) is 4.69. The molecule has 0 aromatic heterocycles. The van der Waals surface area contributed by atoms with Crippen LogP contribution >= 0.6 is 15.9 Å². The topological polar surface area (TPSA) is 0 Å². The highest BCUT2D eigenvalue weighted by Crippen LogP contribution is 2.37. The molecule has 0 saturated heterocycles. The highest BCUT2D eigenvalue weighted by atomic mass is 79.9. The summed E-state index contributed by atoms with van der Waals surface area (Å²) in [5, 5.41) is 0. The number of benzene rings is 1. The van der Waals surface area contributed by atoms with Crippen LogP contribution in [0.2, 0.25) is 0 Å². The Bertz CT molecular complexity index is 332. The molecule has 0 fully saturated rings. The molecule has 17 heavy (non-hydrogen) atoms. The van der Waals surface area contributed by atoms with E-state index in [1.807, 2.05) is 0 Å². The van der Waals surface area contributed by atoms with Crippen LogP contribution < -0.4 is 0 Å². The lowest BCUT2D eigenvalue weighted by Gasteiger charge is -2.29. The van der Waals surface area contributed by atoms with E-state index in [4.69, 9.17) is 0 Å². The Kier molecular flexibility index (Phi) is 5.24. The molecular formula is C16H25Br. The highest BCUT2D eigenvalue weighted by molar-refractivity contribution is 9.09. The molecule has 96 valence electrons. The van der Waals surface area contributed by atoms with Crippen molar-refractivity contribution in [1.82, 2.24) is 0 Å². The maximum atomic E-state index is 3.83. The molecular weight excluding hydrogens is 272 g/mol. The molecule has 1 aromatic rings. The quantitative estimate of drug-likeness (QED) is 0.620. The van der Waals surface area contributed by atoms with E-state index in [0.29, 0.717) is 16.2 Å². The molecule has 1 heteroatoms. The fraction of sp³-hybridized carbons (Fsp3) is 0.625. The Morgan fingerprint density at radius 2 is 1.65 bits per heavy atom. The third kappa shape index (κ3) is 4.46. The number of aryl methyl sites for hydroxylation is 1. The summed E-state index contributed by atoms with van der Waals surface area (Å²) in [6.45, 7) is 11.5. The van der Waals surface area contributed by atoms with Crippen molar-refractivity contribution in [1.29, 1.82) is 0 Å². The average Bonchev–Trinajstić information content (AvgIpc) is 2.27. The van der Waals surface area contributed by atoms with Crippen molar-refractivity contribution in [2.75, 3.05) is 0 Å². The van der Waals surface area contributed by atoms with Gasteiger partial charge in [-0.15, -0.1) is 0 Å². The van der Waals surface area contributed by atoms with Gasteiger partial charge in [0.25, 0.3) is 0 Å². The van der Waals surface area contributed by atoms with E-state index < -0.39 is 0 Å². The lowest BCUT2D eigenvalue weighted by Crippen LogP contribution is -2.18. The average molecular weight is 297 g/mol. The van der Waals surface area contributed by atoms with Crippen molar-refractivity contribution in [3.8, 4) is 0 Å². The van der Waals surface area contributed by atoms with Gasteiger partial charge in [-0.2, -0.15) is 0 Å². The van der Waals surface area contributed by atoms with Gasteiger partial charge in [0.1, 0.15) is 0 Å². The van der Waals surface area contributed by atoms with Crippen molar-refractivity contribution in [3.05, 3.63) is 35.4 Å². The second kappa shape index (κ2) is 6.04. The largest absolute Gasteiger partial charge is 0.0839 e. The molecule has 1 rings (SSSR count). The first-order valence-corrected chi connectivity index (χ1v) is 7.49. The second-order valence-corrected chi connectivity index (χ2v) is 7.17. The third-order valence-electron chi connectivity index (χ3n) is 3.79. The molecule has 0 spiro atoms. The summed E-state index contributed by atoms with van der Waals surface area (Å²) >= 11 is 3.83. The van der Waals surface area contributed by atoms with Gasteiger partial charge in [-0.05, 0) is 35.3 Å². The van der Waals surface area contributed by atoms with Gasteiger partial charge in [-0.25, -0.2) is 0 Å². The van der Waals surface area contributed by atoms with Gasteiger partial charge in [0.2, 0.25) is 0 Å². The number of hydrogen-bond donors (Lipinski definition) is 0. The number of hydrogen-bond acceptors (Lipinski definition) is 0. The number of rotatable bonds is 4. The van der Waals surface area contributed by atoms with E-state index in [1.54, 1.807) is 0 Å². The number of alkyl halides is 1. The zero-order valence-corrected chi connectivity index (χ0v) is 13.3. The van der Waals surface area contributed by atoms with E-state index in [2.05, 4.69) is 74.8 Å². The molecule has 0 aliphatic rings. The Morgan fingerprint density at radius 3 is 2.06 bits per heavy atom. The van der Waals surface area contributed by atoms with Gasteiger partial charge in [-0.3, -0.25) is 0 Å². The van der Waals surface area contributed by atoms with Gasteiger partial charge in [0.15, 0.2) is 0 Å². The monoisotopic (exact) mass is 296 g/mol. The fourth-order valence-corrected chi connectivity index (χ4v) is 2.63. The van der Waals surface area contributed by atoms with Crippen LogP contribution in [0.15, 0.2) is 24.3 Å². The van der Waals surface area contributed by atoms with Crippen LogP contribution in [-0.2, 0) is 6.42 Å².